The van der Waals surface area contributed by atoms with Crippen molar-refractivity contribution in [3.8, 4) is 11.5 Å². The first-order valence-electron chi connectivity index (χ1n) is 5.86. The van der Waals surface area contributed by atoms with Crippen LogP contribution < -0.4 is 9.47 Å². The molecule has 0 radical (unpaired) electrons. The maximum absolute atomic E-state index is 9.57. The molecule has 0 amide bonds. The summed E-state index contributed by atoms with van der Waals surface area (Å²) in [5.74, 6) is 1.43. The van der Waals surface area contributed by atoms with Crippen molar-refractivity contribution in [1.29, 1.82) is 0 Å². The first-order chi connectivity index (χ1) is 8.51. The van der Waals surface area contributed by atoms with Gasteiger partial charge in [-0.15, -0.1) is 0 Å². The third-order valence-corrected chi connectivity index (χ3v) is 3.00. The predicted octanol–water partition coefficient (Wildman–Crippen LogP) is 2.12. The molecule has 0 bridgehead atoms. The molecule has 4 nitrogen and oxygen atoms in total. The smallest absolute Gasteiger partial charge is 0.131 e. The molecule has 0 saturated heterocycles. The molecule has 4 heteroatoms. The molecule has 0 spiro atoms. The highest BCUT2D eigenvalue weighted by molar-refractivity contribution is 5.53. The van der Waals surface area contributed by atoms with Gasteiger partial charge in [-0.3, -0.25) is 0 Å². The van der Waals surface area contributed by atoms with Gasteiger partial charge < -0.3 is 19.3 Å². The van der Waals surface area contributed by atoms with Crippen LogP contribution >= 0.6 is 0 Å². The molecule has 0 aromatic heterocycles. The third kappa shape index (κ3) is 2.76. The van der Waals surface area contributed by atoms with Crippen molar-refractivity contribution >= 4 is 0 Å². The van der Waals surface area contributed by atoms with Gasteiger partial charge in [-0.2, -0.15) is 0 Å². The van der Waals surface area contributed by atoms with Gasteiger partial charge >= 0.3 is 0 Å². The quantitative estimate of drug-likeness (QED) is 0.844. The van der Waals surface area contributed by atoms with Gasteiger partial charge in [0.05, 0.1) is 27.4 Å². The van der Waals surface area contributed by atoms with Gasteiger partial charge in [0.15, 0.2) is 0 Å². The van der Waals surface area contributed by atoms with Gasteiger partial charge in [0, 0.05) is 23.7 Å². The van der Waals surface area contributed by atoms with Crippen LogP contribution in [0.1, 0.15) is 25.0 Å². The maximum Gasteiger partial charge on any atom is 0.131 e. The summed E-state index contributed by atoms with van der Waals surface area (Å²) in [6.07, 6.45) is 0. The van der Waals surface area contributed by atoms with Crippen LogP contribution in [0, 0.1) is 0 Å². The monoisotopic (exact) mass is 254 g/mol. The number of hydrogen-bond acceptors (Lipinski definition) is 4. The van der Waals surface area contributed by atoms with Crippen molar-refractivity contribution in [3.05, 3.63) is 23.3 Å². The second-order valence-corrected chi connectivity index (χ2v) is 4.81. The first-order valence-corrected chi connectivity index (χ1v) is 5.86. The molecule has 0 heterocycles. The lowest BCUT2D eigenvalue weighted by Gasteiger charge is -2.28. The van der Waals surface area contributed by atoms with E-state index in [2.05, 4.69) is 0 Å². The number of rotatable bonds is 6. The first kappa shape index (κ1) is 14.8. The van der Waals surface area contributed by atoms with E-state index in [1.165, 1.54) is 0 Å². The topological polar surface area (TPSA) is 47.9 Å². The third-order valence-electron chi connectivity index (χ3n) is 3.00. The molecular weight excluding hydrogens is 232 g/mol. The highest BCUT2D eigenvalue weighted by Gasteiger charge is 2.29. The van der Waals surface area contributed by atoms with E-state index in [0.717, 1.165) is 16.9 Å². The van der Waals surface area contributed by atoms with Gasteiger partial charge in [0.25, 0.3) is 0 Å². The van der Waals surface area contributed by atoms with Crippen molar-refractivity contribution in [2.24, 2.45) is 0 Å². The van der Waals surface area contributed by atoms with Crippen molar-refractivity contribution in [1.82, 2.24) is 0 Å². The van der Waals surface area contributed by atoms with E-state index in [1.807, 2.05) is 26.0 Å². The standard InChI is InChI=1S/C14H22O4/c1-14(2,9-15)12-11(17-4)7-6-10(8-16-3)13(12)18-5/h6-7,15H,8-9H2,1-5H3. The summed E-state index contributed by atoms with van der Waals surface area (Å²) in [7, 11) is 4.87. The number of hydrogen-bond donors (Lipinski definition) is 1. The van der Waals surface area contributed by atoms with E-state index in [0.29, 0.717) is 12.4 Å². The summed E-state index contributed by atoms with van der Waals surface area (Å²) in [5.41, 5.74) is 1.36. The SMILES string of the molecule is COCc1ccc(OC)c(C(C)(C)CO)c1OC. The maximum atomic E-state index is 9.57. The lowest BCUT2D eigenvalue weighted by Crippen LogP contribution is -2.24. The summed E-state index contributed by atoms with van der Waals surface area (Å²) in [6, 6.07) is 3.79. The van der Waals surface area contributed by atoms with Crippen LogP contribution in [0.5, 0.6) is 11.5 Å². The fraction of sp³-hybridized carbons (Fsp3) is 0.571. The summed E-state index contributed by atoms with van der Waals surface area (Å²) in [5, 5.41) is 9.57. The average molecular weight is 254 g/mol. The Morgan fingerprint density at radius 3 is 2.22 bits per heavy atom. The Morgan fingerprint density at radius 2 is 1.78 bits per heavy atom. The molecule has 0 aliphatic carbocycles. The highest BCUT2D eigenvalue weighted by Crippen LogP contribution is 2.41. The normalized spacial score (nSPS) is 11.4. The van der Waals surface area contributed by atoms with Gasteiger partial charge in [-0.25, -0.2) is 0 Å². The molecule has 1 rings (SSSR count). The fourth-order valence-electron chi connectivity index (χ4n) is 2.00. The molecule has 102 valence electrons. The molecule has 0 saturated carbocycles. The van der Waals surface area contributed by atoms with E-state index in [1.54, 1.807) is 21.3 Å². The summed E-state index contributed by atoms with van der Waals surface area (Å²) >= 11 is 0. The van der Waals surface area contributed by atoms with Crippen molar-refractivity contribution in [2.75, 3.05) is 27.9 Å². The average Bonchev–Trinajstić information content (AvgIpc) is 2.38. The Labute approximate surface area is 108 Å². The number of benzene rings is 1. The summed E-state index contributed by atoms with van der Waals surface area (Å²) < 4.78 is 16.0. The molecule has 0 fully saturated rings. The molecule has 0 aliphatic rings. The molecule has 0 atom stereocenters. The molecule has 0 aliphatic heterocycles. The molecule has 1 aromatic rings. The Kier molecular flexibility index (Phi) is 4.99. The number of methoxy groups -OCH3 is 3. The van der Waals surface area contributed by atoms with E-state index >= 15 is 0 Å². The fourth-order valence-corrected chi connectivity index (χ4v) is 2.00. The van der Waals surface area contributed by atoms with Crippen LogP contribution in [0.3, 0.4) is 0 Å². The van der Waals surface area contributed by atoms with Crippen molar-refractivity contribution < 1.29 is 19.3 Å². The Bertz CT molecular complexity index is 399. The summed E-state index contributed by atoms with van der Waals surface area (Å²) in [4.78, 5) is 0. The molecule has 0 unspecified atom stereocenters. The lowest BCUT2D eigenvalue weighted by molar-refractivity contribution is 0.179. The van der Waals surface area contributed by atoms with Crippen LogP contribution in [0.25, 0.3) is 0 Å². The van der Waals surface area contributed by atoms with Crippen LogP contribution in [-0.2, 0) is 16.8 Å². The number of aliphatic hydroxyl groups excluding tert-OH is 1. The number of aliphatic hydroxyl groups is 1. The second-order valence-electron chi connectivity index (χ2n) is 4.81. The number of ether oxygens (including phenoxy) is 3. The molecule has 18 heavy (non-hydrogen) atoms. The predicted molar refractivity (Wildman–Crippen MR) is 70.4 cm³/mol. The Hall–Kier alpha value is -1.26. The zero-order valence-corrected chi connectivity index (χ0v) is 11.7. The van der Waals surface area contributed by atoms with Gasteiger partial charge in [0.2, 0.25) is 0 Å². The van der Waals surface area contributed by atoms with Crippen LogP contribution in [-0.4, -0.2) is 33.0 Å². The van der Waals surface area contributed by atoms with Crippen molar-refractivity contribution in [2.45, 2.75) is 25.9 Å². The lowest BCUT2D eigenvalue weighted by atomic mass is 9.83. The molecule has 1 N–H and O–H groups in total. The largest absolute Gasteiger partial charge is 0.496 e. The molecular formula is C14H22O4. The van der Waals surface area contributed by atoms with Crippen LogP contribution in [0.4, 0.5) is 0 Å². The Balaban J connectivity index is 3.46. The van der Waals surface area contributed by atoms with E-state index in [9.17, 15) is 5.11 Å². The zero-order valence-electron chi connectivity index (χ0n) is 11.7. The van der Waals surface area contributed by atoms with Crippen LogP contribution in [0.2, 0.25) is 0 Å². The summed E-state index contributed by atoms with van der Waals surface area (Å²) in [6.45, 7) is 4.37. The van der Waals surface area contributed by atoms with E-state index in [4.69, 9.17) is 14.2 Å². The highest BCUT2D eigenvalue weighted by atomic mass is 16.5. The molecule has 1 aromatic carbocycles. The minimum absolute atomic E-state index is 0.0101. The van der Waals surface area contributed by atoms with Gasteiger partial charge in [0.1, 0.15) is 11.5 Å². The van der Waals surface area contributed by atoms with E-state index < -0.39 is 5.41 Å². The minimum atomic E-state index is -0.444. The Morgan fingerprint density at radius 1 is 1.11 bits per heavy atom. The van der Waals surface area contributed by atoms with Gasteiger partial charge in [-0.1, -0.05) is 13.8 Å². The zero-order chi connectivity index (χ0) is 13.8. The van der Waals surface area contributed by atoms with E-state index in [-0.39, 0.29) is 6.61 Å². The van der Waals surface area contributed by atoms with Crippen LogP contribution in [0.15, 0.2) is 12.1 Å². The minimum Gasteiger partial charge on any atom is -0.496 e. The van der Waals surface area contributed by atoms with Crippen molar-refractivity contribution in [3.63, 3.8) is 0 Å². The van der Waals surface area contributed by atoms with Gasteiger partial charge in [-0.05, 0) is 12.1 Å². The second kappa shape index (κ2) is 6.07.